The van der Waals surface area contributed by atoms with Crippen LogP contribution in [0.15, 0.2) is 9.85 Å². The minimum Gasteiger partial charge on any atom is -0.395 e. The highest BCUT2D eigenvalue weighted by molar-refractivity contribution is 9.11. The van der Waals surface area contributed by atoms with Crippen LogP contribution in [0, 0.1) is 0 Å². The SMILES string of the molecule is OCC(CO)NC1CCCc2sc(Br)cc21. The minimum absolute atomic E-state index is 0.0202. The van der Waals surface area contributed by atoms with E-state index in [1.807, 2.05) is 0 Å². The number of nitrogens with one attached hydrogen (secondary N) is 1. The number of hydrogen-bond donors (Lipinski definition) is 3. The minimum atomic E-state index is -0.213. The Morgan fingerprint density at radius 2 is 2.25 bits per heavy atom. The zero-order valence-electron chi connectivity index (χ0n) is 8.95. The van der Waals surface area contributed by atoms with E-state index >= 15 is 0 Å². The van der Waals surface area contributed by atoms with Gasteiger partial charge in [-0.1, -0.05) is 0 Å². The molecule has 0 saturated heterocycles. The quantitative estimate of drug-likeness (QED) is 0.795. The molecular formula is C11H16BrNO2S. The van der Waals surface area contributed by atoms with E-state index in [4.69, 9.17) is 10.2 Å². The van der Waals surface area contributed by atoms with Gasteiger partial charge in [0.05, 0.1) is 23.0 Å². The number of halogens is 1. The van der Waals surface area contributed by atoms with Crippen molar-refractivity contribution in [3.63, 3.8) is 0 Å². The zero-order valence-corrected chi connectivity index (χ0v) is 11.4. The molecule has 2 rings (SSSR count). The van der Waals surface area contributed by atoms with E-state index in [-0.39, 0.29) is 25.3 Å². The number of fused-ring (bicyclic) bond motifs is 1. The number of aliphatic hydroxyl groups is 2. The number of hydrogen-bond acceptors (Lipinski definition) is 4. The molecule has 3 N–H and O–H groups in total. The van der Waals surface area contributed by atoms with Crippen molar-refractivity contribution in [2.75, 3.05) is 13.2 Å². The van der Waals surface area contributed by atoms with Crippen molar-refractivity contribution < 1.29 is 10.2 Å². The van der Waals surface area contributed by atoms with Crippen LogP contribution in [0.3, 0.4) is 0 Å². The monoisotopic (exact) mass is 305 g/mol. The topological polar surface area (TPSA) is 52.5 Å². The Labute approximate surface area is 108 Å². The second-order valence-corrected chi connectivity index (χ2v) is 6.62. The average Bonchev–Trinajstić information content (AvgIpc) is 2.67. The first-order valence-corrected chi connectivity index (χ1v) is 7.11. The molecule has 0 fully saturated rings. The molecule has 90 valence electrons. The van der Waals surface area contributed by atoms with Crippen molar-refractivity contribution >= 4 is 27.3 Å². The molecule has 0 radical (unpaired) electrons. The van der Waals surface area contributed by atoms with Crippen molar-refractivity contribution in [3.8, 4) is 0 Å². The molecule has 0 saturated carbocycles. The smallest absolute Gasteiger partial charge is 0.0704 e. The van der Waals surface area contributed by atoms with Crippen molar-refractivity contribution in [2.45, 2.75) is 31.3 Å². The normalized spacial score (nSPS) is 20.1. The van der Waals surface area contributed by atoms with Crippen LogP contribution >= 0.6 is 27.3 Å². The van der Waals surface area contributed by atoms with E-state index in [0.29, 0.717) is 0 Å². The maximum atomic E-state index is 9.08. The molecule has 1 atom stereocenters. The van der Waals surface area contributed by atoms with E-state index in [9.17, 15) is 0 Å². The van der Waals surface area contributed by atoms with Crippen LogP contribution in [0.4, 0.5) is 0 Å². The van der Waals surface area contributed by atoms with Crippen molar-refractivity contribution in [1.29, 1.82) is 0 Å². The van der Waals surface area contributed by atoms with E-state index in [1.54, 1.807) is 11.3 Å². The van der Waals surface area contributed by atoms with Crippen LogP contribution < -0.4 is 5.32 Å². The lowest BCUT2D eigenvalue weighted by Crippen LogP contribution is -2.39. The van der Waals surface area contributed by atoms with Gasteiger partial charge in [0.25, 0.3) is 0 Å². The molecule has 0 spiro atoms. The average molecular weight is 306 g/mol. The molecule has 0 amide bonds. The fourth-order valence-corrected chi connectivity index (χ4v) is 3.96. The molecule has 1 heterocycles. The highest BCUT2D eigenvalue weighted by Gasteiger charge is 2.24. The summed E-state index contributed by atoms with van der Waals surface area (Å²) in [5, 5.41) is 21.5. The van der Waals surface area contributed by atoms with Crippen molar-refractivity contribution in [2.24, 2.45) is 0 Å². The summed E-state index contributed by atoms with van der Waals surface area (Å²) in [6.07, 6.45) is 3.39. The second-order valence-electron chi connectivity index (χ2n) is 4.10. The Morgan fingerprint density at radius 3 is 2.94 bits per heavy atom. The standard InChI is InChI=1S/C11H16BrNO2S/c12-11-4-8-9(13-7(5-14)6-15)2-1-3-10(8)16-11/h4,7,9,13-15H,1-3,5-6H2. The van der Waals surface area contributed by atoms with Crippen molar-refractivity contribution in [3.05, 3.63) is 20.3 Å². The largest absolute Gasteiger partial charge is 0.395 e. The molecule has 1 aromatic rings. The molecule has 3 nitrogen and oxygen atoms in total. The summed E-state index contributed by atoms with van der Waals surface area (Å²) in [6, 6.07) is 2.22. The lowest BCUT2D eigenvalue weighted by atomic mass is 9.93. The predicted octanol–water partition coefficient (Wildman–Crippen LogP) is 1.83. The number of thiophene rings is 1. The molecule has 16 heavy (non-hydrogen) atoms. The molecule has 0 aromatic carbocycles. The molecule has 1 aliphatic rings. The molecular weight excluding hydrogens is 290 g/mol. The van der Waals surface area contributed by atoms with Gasteiger partial charge in [-0.25, -0.2) is 0 Å². The Kier molecular flexibility index (Phi) is 4.38. The van der Waals surface area contributed by atoms with Crippen LogP contribution in [0.1, 0.15) is 29.3 Å². The molecule has 1 aromatic heterocycles. The summed E-state index contributed by atoms with van der Waals surface area (Å²) >= 11 is 5.30. The first kappa shape index (κ1) is 12.5. The maximum Gasteiger partial charge on any atom is 0.0704 e. The Balaban J connectivity index is 2.12. The van der Waals surface area contributed by atoms with Gasteiger partial charge in [-0.3, -0.25) is 0 Å². The first-order chi connectivity index (χ1) is 7.74. The van der Waals surface area contributed by atoms with Gasteiger partial charge in [0.2, 0.25) is 0 Å². The predicted molar refractivity (Wildman–Crippen MR) is 68.8 cm³/mol. The lowest BCUT2D eigenvalue weighted by Gasteiger charge is -2.27. The van der Waals surface area contributed by atoms with Gasteiger partial charge in [-0.2, -0.15) is 0 Å². The van der Waals surface area contributed by atoms with Gasteiger partial charge in [-0.05, 0) is 46.8 Å². The van der Waals surface area contributed by atoms with E-state index in [0.717, 1.165) is 16.6 Å². The van der Waals surface area contributed by atoms with Crippen LogP contribution in [-0.4, -0.2) is 29.5 Å². The number of aryl methyl sites for hydroxylation is 1. The van der Waals surface area contributed by atoms with Gasteiger partial charge in [0.15, 0.2) is 0 Å². The fraction of sp³-hybridized carbons (Fsp3) is 0.636. The summed E-state index contributed by atoms with van der Waals surface area (Å²) in [5.41, 5.74) is 1.33. The first-order valence-electron chi connectivity index (χ1n) is 5.50. The van der Waals surface area contributed by atoms with Crippen molar-refractivity contribution in [1.82, 2.24) is 5.32 Å². The third kappa shape index (κ3) is 2.65. The lowest BCUT2D eigenvalue weighted by molar-refractivity contribution is 0.159. The molecule has 1 aliphatic carbocycles. The number of aliphatic hydroxyl groups excluding tert-OH is 2. The Hall–Kier alpha value is 0.0600. The van der Waals surface area contributed by atoms with E-state index in [2.05, 4.69) is 27.3 Å². The van der Waals surface area contributed by atoms with Crippen LogP contribution in [0.5, 0.6) is 0 Å². The molecule has 5 heteroatoms. The van der Waals surface area contributed by atoms with E-state index in [1.165, 1.54) is 16.9 Å². The van der Waals surface area contributed by atoms with Gasteiger partial charge < -0.3 is 15.5 Å². The fourth-order valence-electron chi connectivity index (χ4n) is 2.14. The maximum absolute atomic E-state index is 9.08. The summed E-state index contributed by atoms with van der Waals surface area (Å²) in [5.74, 6) is 0. The van der Waals surface area contributed by atoms with E-state index < -0.39 is 0 Å². The summed E-state index contributed by atoms with van der Waals surface area (Å²) in [7, 11) is 0. The van der Waals surface area contributed by atoms with Gasteiger partial charge in [0, 0.05) is 10.9 Å². The van der Waals surface area contributed by atoms with Gasteiger partial charge in [0.1, 0.15) is 0 Å². The molecule has 0 bridgehead atoms. The van der Waals surface area contributed by atoms with Crippen LogP contribution in [-0.2, 0) is 6.42 Å². The highest BCUT2D eigenvalue weighted by atomic mass is 79.9. The second kappa shape index (κ2) is 5.60. The van der Waals surface area contributed by atoms with Gasteiger partial charge in [-0.15, -0.1) is 11.3 Å². The summed E-state index contributed by atoms with van der Waals surface area (Å²) in [6.45, 7) is -0.0404. The van der Waals surface area contributed by atoms with Crippen LogP contribution in [0.2, 0.25) is 0 Å². The highest BCUT2D eigenvalue weighted by Crippen LogP contribution is 2.38. The summed E-state index contributed by atoms with van der Waals surface area (Å²) < 4.78 is 1.16. The number of rotatable bonds is 4. The molecule has 1 unspecified atom stereocenters. The zero-order chi connectivity index (χ0) is 11.5. The molecule has 0 aliphatic heterocycles. The van der Waals surface area contributed by atoms with Gasteiger partial charge >= 0.3 is 0 Å². The summed E-state index contributed by atoms with van der Waals surface area (Å²) in [4.78, 5) is 1.42. The Bertz CT molecular complexity index is 352. The third-order valence-electron chi connectivity index (χ3n) is 2.96. The van der Waals surface area contributed by atoms with Crippen LogP contribution in [0.25, 0.3) is 0 Å². The third-order valence-corrected chi connectivity index (χ3v) is 4.67. The Morgan fingerprint density at radius 1 is 1.50 bits per heavy atom.